The highest BCUT2D eigenvalue weighted by Gasteiger charge is 2.50. The molecule has 0 radical (unpaired) electrons. The fraction of sp³-hybridized carbons (Fsp3) is 0.103. The predicted molar refractivity (Wildman–Crippen MR) is 173 cm³/mol. The number of rotatable bonds is 7. The lowest BCUT2D eigenvalue weighted by Gasteiger charge is -2.42. The van der Waals surface area contributed by atoms with Crippen LogP contribution in [0.3, 0.4) is 0 Å². The van der Waals surface area contributed by atoms with Crippen LogP contribution in [0, 0.1) is 11.3 Å². The minimum absolute atomic E-state index is 0.147. The molecule has 6 nitrogen and oxygen atoms in total. The summed E-state index contributed by atoms with van der Waals surface area (Å²) in [6.07, 6.45) is 7.71. The predicted octanol–water partition coefficient (Wildman–Crippen LogP) is 7.07. The topological polar surface area (TPSA) is 87.0 Å². The van der Waals surface area contributed by atoms with Gasteiger partial charge >= 0.3 is 0 Å². The fourth-order valence-electron chi connectivity index (χ4n) is 6.51. The van der Waals surface area contributed by atoms with Gasteiger partial charge < -0.3 is 0 Å². The van der Waals surface area contributed by atoms with Gasteiger partial charge in [-0.1, -0.05) is 66.7 Å². The van der Waals surface area contributed by atoms with Gasteiger partial charge in [0.25, 0.3) is 5.91 Å². The van der Waals surface area contributed by atoms with E-state index in [2.05, 4.69) is 16.0 Å². The average Bonchev–Trinajstić information content (AvgIpc) is 3.10. The number of hydrogen-bond acceptors (Lipinski definition) is 5. The van der Waals surface area contributed by atoms with E-state index in [1.165, 1.54) is 4.90 Å². The molecule has 4 aromatic carbocycles. The molecular weight excluding hydrogens is 556 g/mol. The third kappa shape index (κ3) is 5.15. The van der Waals surface area contributed by atoms with E-state index >= 15 is 4.79 Å². The SMILES string of the molecule is N#Cc1ccc(-c2ccc3c(c2)C(=O)N(Cc2cccc4ccccc24)C(=O)C3(Cc2ccncc2)Cc2ccncc2)cc1. The molecule has 45 heavy (non-hydrogen) atoms. The summed E-state index contributed by atoms with van der Waals surface area (Å²) >= 11 is 0. The second-order valence-corrected chi connectivity index (χ2v) is 11.4. The summed E-state index contributed by atoms with van der Waals surface area (Å²) in [5.41, 5.74) is 5.24. The molecule has 0 spiro atoms. The quantitative estimate of drug-likeness (QED) is 0.187. The van der Waals surface area contributed by atoms with Gasteiger partial charge in [0.1, 0.15) is 0 Å². The average molecular weight is 585 g/mol. The summed E-state index contributed by atoms with van der Waals surface area (Å²) in [5.74, 6) is -0.550. The number of hydrogen-bond donors (Lipinski definition) is 0. The molecule has 0 bridgehead atoms. The Kier molecular flexibility index (Phi) is 7.20. The molecule has 0 aliphatic carbocycles. The van der Waals surface area contributed by atoms with Crippen LogP contribution in [0.2, 0.25) is 0 Å². The minimum atomic E-state index is -1.07. The Labute approximate surface area is 261 Å². The van der Waals surface area contributed by atoms with Crippen LogP contribution >= 0.6 is 0 Å². The monoisotopic (exact) mass is 584 g/mol. The Hall–Kier alpha value is -5.93. The van der Waals surface area contributed by atoms with Gasteiger partial charge in [-0.25, -0.2) is 0 Å². The second kappa shape index (κ2) is 11.6. The molecule has 6 heteroatoms. The number of imide groups is 1. The largest absolute Gasteiger partial charge is 0.273 e. The van der Waals surface area contributed by atoms with Crippen molar-refractivity contribution in [3.05, 3.63) is 167 Å². The first-order valence-corrected chi connectivity index (χ1v) is 14.8. The van der Waals surface area contributed by atoms with Crippen LogP contribution in [-0.2, 0) is 29.6 Å². The Morgan fingerprint density at radius 2 is 1.31 bits per heavy atom. The smallest absolute Gasteiger partial charge is 0.261 e. The first-order chi connectivity index (χ1) is 22.1. The molecule has 6 aromatic rings. The lowest BCUT2D eigenvalue weighted by Crippen LogP contribution is -2.56. The van der Waals surface area contributed by atoms with E-state index in [4.69, 9.17) is 0 Å². The van der Waals surface area contributed by atoms with Gasteiger partial charge in [0.2, 0.25) is 5.91 Å². The highest BCUT2D eigenvalue weighted by atomic mass is 16.2. The third-order valence-electron chi connectivity index (χ3n) is 8.73. The van der Waals surface area contributed by atoms with Crippen molar-refractivity contribution in [1.29, 1.82) is 5.26 Å². The lowest BCUT2D eigenvalue weighted by atomic mass is 9.66. The Bertz CT molecular complexity index is 2040. The summed E-state index contributed by atoms with van der Waals surface area (Å²) in [6.45, 7) is 0.147. The van der Waals surface area contributed by atoms with Gasteiger partial charge in [-0.2, -0.15) is 5.26 Å². The van der Waals surface area contributed by atoms with E-state index in [0.29, 0.717) is 29.5 Å². The van der Waals surface area contributed by atoms with Gasteiger partial charge in [-0.3, -0.25) is 24.5 Å². The third-order valence-corrected chi connectivity index (χ3v) is 8.73. The molecular formula is C39H28N4O2. The molecule has 0 saturated heterocycles. The first kappa shape index (κ1) is 27.9. The highest BCUT2D eigenvalue weighted by molar-refractivity contribution is 6.14. The first-order valence-electron chi connectivity index (χ1n) is 14.8. The molecule has 2 amide bonds. The standard InChI is InChI=1S/C39H28N4O2/c40-25-29-8-10-30(11-9-29)32-12-13-36-35(22-32)37(44)43(26-33-6-3-5-31-4-1-2-7-34(31)33)38(45)39(36,23-27-14-18-41-19-15-27)24-28-16-20-42-21-17-28/h1-22H,23-24,26H2. The fourth-order valence-corrected chi connectivity index (χ4v) is 6.51. The lowest BCUT2D eigenvalue weighted by molar-refractivity contribution is -0.136. The Morgan fingerprint density at radius 1 is 0.689 bits per heavy atom. The molecule has 0 saturated carbocycles. The highest BCUT2D eigenvalue weighted by Crippen LogP contribution is 2.43. The normalized spacial score (nSPS) is 13.8. The molecule has 216 valence electrons. The van der Waals surface area contributed by atoms with E-state index in [0.717, 1.165) is 38.6 Å². The molecule has 0 fully saturated rings. The van der Waals surface area contributed by atoms with E-state index in [1.807, 2.05) is 97.1 Å². The maximum Gasteiger partial charge on any atom is 0.261 e. The molecule has 0 N–H and O–H groups in total. The van der Waals surface area contributed by atoms with Gasteiger partial charge in [0.05, 0.1) is 23.6 Å². The van der Waals surface area contributed by atoms with Crippen molar-refractivity contribution in [2.75, 3.05) is 0 Å². The molecule has 0 atom stereocenters. The zero-order valence-electron chi connectivity index (χ0n) is 24.4. The number of nitriles is 1. The van der Waals surface area contributed by atoms with Gasteiger partial charge in [-0.05, 0) is 99.5 Å². The molecule has 7 rings (SSSR count). The summed E-state index contributed by atoms with van der Waals surface area (Å²) in [5, 5.41) is 11.4. The number of pyridine rings is 2. The molecule has 0 unspecified atom stereocenters. The van der Waals surface area contributed by atoms with Crippen molar-refractivity contribution in [1.82, 2.24) is 14.9 Å². The van der Waals surface area contributed by atoms with Crippen molar-refractivity contribution in [2.24, 2.45) is 0 Å². The van der Waals surface area contributed by atoms with Crippen LogP contribution in [0.15, 0.2) is 134 Å². The second-order valence-electron chi connectivity index (χ2n) is 11.4. The van der Waals surface area contributed by atoms with Crippen molar-refractivity contribution in [3.63, 3.8) is 0 Å². The van der Waals surface area contributed by atoms with Crippen LogP contribution in [0.5, 0.6) is 0 Å². The van der Waals surface area contributed by atoms with Crippen LogP contribution in [0.1, 0.15) is 38.2 Å². The maximum absolute atomic E-state index is 15.0. The molecule has 1 aliphatic heterocycles. The van der Waals surface area contributed by atoms with E-state index in [9.17, 15) is 10.1 Å². The van der Waals surface area contributed by atoms with E-state index in [1.54, 1.807) is 36.9 Å². The van der Waals surface area contributed by atoms with Gasteiger partial charge in [0, 0.05) is 30.4 Å². The minimum Gasteiger partial charge on any atom is -0.273 e. The van der Waals surface area contributed by atoms with Crippen LogP contribution in [-0.4, -0.2) is 26.7 Å². The van der Waals surface area contributed by atoms with E-state index in [-0.39, 0.29) is 18.4 Å². The number of benzene rings is 4. The number of carbonyl (C=O) groups is 2. The zero-order chi connectivity index (χ0) is 30.8. The van der Waals surface area contributed by atoms with Crippen molar-refractivity contribution in [2.45, 2.75) is 24.8 Å². The summed E-state index contributed by atoms with van der Waals surface area (Å²) in [4.78, 5) is 39.4. The van der Waals surface area contributed by atoms with E-state index < -0.39 is 5.41 Å². The molecule has 2 aromatic heterocycles. The number of aromatic nitrogens is 2. The summed E-state index contributed by atoms with van der Waals surface area (Å²) < 4.78 is 0. The van der Waals surface area contributed by atoms with Crippen LogP contribution < -0.4 is 0 Å². The van der Waals surface area contributed by atoms with Crippen molar-refractivity contribution in [3.8, 4) is 17.2 Å². The number of nitrogens with zero attached hydrogens (tertiary/aromatic N) is 4. The van der Waals surface area contributed by atoms with Crippen molar-refractivity contribution < 1.29 is 9.59 Å². The summed E-state index contributed by atoms with van der Waals surface area (Å²) in [7, 11) is 0. The summed E-state index contributed by atoms with van der Waals surface area (Å²) in [6, 6.07) is 37.0. The molecule has 3 heterocycles. The Morgan fingerprint density at radius 3 is 1.98 bits per heavy atom. The molecule has 1 aliphatic rings. The van der Waals surface area contributed by atoms with Crippen LogP contribution in [0.4, 0.5) is 0 Å². The number of amides is 2. The van der Waals surface area contributed by atoms with Gasteiger partial charge in [-0.15, -0.1) is 0 Å². The number of fused-ring (bicyclic) bond motifs is 2. The zero-order valence-corrected chi connectivity index (χ0v) is 24.4. The Balaban J connectivity index is 1.43. The number of carbonyl (C=O) groups excluding carboxylic acids is 2. The van der Waals surface area contributed by atoms with Gasteiger partial charge in [0.15, 0.2) is 0 Å². The van der Waals surface area contributed by atoms with Crippen LogP contribution in [0.25, 0.3) is 21.9 Å². The maximum atomic E-state index is 15.0. The van der Waals surface area contributed by atoms with Crippen molar-refractivity contribution >= 4 is 22.6 Å².